The summed E-state index contributed by atoms with van der Waals surface area (Å²) in [5.41, 5.74) is 6.16. The van der Waals surface area contributed by atoms with Gasteiger partial charge in [0.25, 0.3) is 11.5 Å². The van der Waals surface area contributed by atoms with Crippen LogP contribution in [-0.2, 0) is 0 Å². The van der Waals surface area contributed by atoms with Gasteiger partial charge in [0.15, 0.2) is 0 Å². The molecule has 0 saturated heterocycles. The molecule has 4 N–H and O–H groups in total. The second kappa shape index (κ2) is 3.69. The summed E-state index contributed by atoms with van der Waals surface area (Å²) in [4.78, 5) is 25.1. The Morgan fingerprint density at radius 3 is 2.75 bits per heavy atom. The van der Waals surface area contributed by atoms with Crippen molar-refractivity contribution in [2.75, 3.05) is 12.4 Å². The number of H-pyrrole nitrogens is 1. The maximum Gasteiger partial charge on any atom is 0.261 e. The Kier molecular flexibility index (Phi) is 2.36. The maximum atomic E-state index is 11.5. The first-order valence-corrected chi connectivity index (χ1v) is 4.76. The summed E-state index contributed by atoms with van der Waals surface area (Å²) in [6, 6.07) is 6.95. The van der Waals surface area contributed by atoms with Crippen LogP contribution in [-0.4, -0.2) is 17.9 Å². The van der Waals surface area contributed by atoms with Crippen molar-refractivity contribution in [1.82, 2.24) is 4.98 Å². The Labute approximate surface area is 91.3 Å². The Hall–Kier alpha value is -2.30. The van der Waals surface area contributed by atoms with Crippen molar-refractivity contribution >= 4 is 22.5 Å². The first-order valence-electron chi connectivity index (χ1n) is 4.76. The summed E-state index contributed by atoms with van der Waals surface area (Å²) < 4.78 is 0. The number of benzene rings is 1. The SMILES string of the molecule is CNc1ccc2cc(C(N)=O)c(=O)[nH]c2c1. The third-order valence-corrected chi connectivity index (χ3v) is 2.40. The first kappa shape index (κ1) is 10.2. The van der Waals surface area contributed by atoms with E-state index in [1.54, 1.807) is 13.1 Å². The van der Waals surface area contributed by atoms with Crippen LogP contribution in [0.15, 0.2) is 29.1 Å². The molecule has 0 aliphatic heterocycles. The molecule has 0 aliphatic rings. The molecular formula is C11H11N3O2. The van der Waals surface area contributed by atoms with Gasteiger partial charge in [0, 0.05) is 12.7 Å². The lowest BCUT2D eigenvalue weighted by Gasteiger charge is -2.03. The monoisotopic (exact) mass is 217 g/mol. The number of pyridine rings is 1. The fourth-order valence-electron chi connectivity index (χ4n) is 1.54. The van der Waals surface area contributed by atoms with Gasteiger partial charge in [0.2, 0.25) is 0 Å². The second-order valence-corrected chi connectivity index (χ2v) is 3.43. The zero-order valence-electron chi connectivity index (χ0n) is 8.70. The van der Waals surface area contributed by atoms with Crippen LogP contribution in [0.2, 0.25) is 0 Å². The fourth-order valence-corrected chi connectivity index (χ4v) is 1.54. The summed E-state index contributed by atoms with van der Waals surface area (Å²) in [6.45, 7) is 0. The van der Waals surface area contributed by atoms with Crippen molar-refractivity contribution in [1.29, 1.82) is 0 Å². The van der Waals surface area contributed by atoms with E-state index in [1.807, 2.05) is 12.1 Å². The molecule has 1 heterocycles. The molecule has 2 aromatic rings. The summed E-state index contributed by atoms with van der Waals surface area (Å²) >= 11 is 0. The van der Waals surface area contributed by atoms with Crippen LogP contribution in [0.3, 0.4) is 0 Å². The van der Waals surface area contributed by atoms with E-state index in [0.717, 1.165) is 11.1 Å². The molecule has 1 aromatic carbocycles. The molecule has 5 nitrogen and oxygen atoms in total. The number of carbonyl (C=O) groups excluding carboxylic acids is 1. The standard InChI is InChI=1S/C11H11N3O2/c1-13-7-3-2-6-4-8(10(12)15)11(16)14-9(6)5-7/h2-5,13H,1H3,(H2,12,15)(H,14,16). The molecule has 2 rings (SSSR count). The Bertz CT molecular complexity index is 616. The van der Waals surface area contributed by atoms with Gasteiger partial charge in [-0.2, -0.15) is 0 Å². The third kappa shape index (κ3) is 1.63. The Morgan fingerprint density at radius 2 is 2.12 bits per heavy atom. The van der Waals surface area contributed by atoms with Gasteiger partial charge in [-0.05, 0) is 23.6 Å². The van der Waals surface area contributed by atoms with Crippen molar-refractivity contribution in [2.24, 2.45) is 5.73 Å². The van der Waals surface area contributed by atoms with Crippen LogP contribution >= 0.6 is 0 Å². The van der Waals surface area contributed by atoms with E-state index in [9.17, 15) is 9.59 Å². The molecule has 0 bridgehead atoms. The number of carbonyl (C=O) groups is 1. The minimum Gasteiger partial charge on any atom is -0.388 e. The largest absolute Gasteiger partial charge is 0.388 e. The molecular weight excluding hydrogens is 206 g/mol. The summed E-state index contributed by atoms with van der Waals surface area (Å²) in [6.07, 6.45) is 0. The van der Waals surface area contributed by atoms with Gasteiger partial charge in [-0.25, -0.2) is 0 Å². The van der Waals surface area contributed by atoms with E-state index in [4.69, 9.17) is 5.73 Å². The lowest BCUT2D eigenvalue weighted by molar-refractivity contribution is 0.0999. The molecule has 0 saturated carbocycles. The molecule has 0 spiro atoms. The number of nitrogens with two attached hydrogens (primary N) is 1. The Morgan fingerprint density at radius 1 is 1.38 bits per heavy atom. The van der Waals surface area contributed by atoms with Gasteiger partial charge in [-0.15, -0.1) is 0 Å². The third-order valence-electron chi connectivity index (χ3n) is 2.40. The van der Waals surface area contributed by atoms with Gasteiger partial charge < -0.3 is 16.0 Å². The van der Waals surface area contributed by atoms with Crippen LogP contribution < -0.4 is 16.6 Å². The van der Waals surface area contributed by atoms with E-state index in [0.29, 0.717) is 5.52 Å². The van der Waals surface area contributed by atoms with E-state index >= 15 is 0 Å². The number of hydrogen-bond donors (Lipinski definition) is 3. The minimum absolute atomic E-state index is 0.0234. The van der Waals surface area contributed by atoms with Crippen molar-refractivity contribution in [3.8, 4) is 0 Å². The second-order valence-electron chi connectivity index (χ2n) is 3.43. The highest BCUT2D eigenvalue weighted by Crippen LogP contribution is 2.16. The number of nitrogens with one attached hydrogen (secondary N) is 2. The molecule has 16 heavy (non-hydrogen) atoms. The highest BCUT2D eigenvalue weighted by molar-refractivity contribution is 5.96. The number of aromatic nitrogens is 1. The number of hydrogen-bond acceptors (Lipinski definition) is 3. The fraction of sp³-hybridized carbons (Fsp3) is 0.0909. The highest BCUT2D eigenvalue weighted by atomic mass is 16.2. The number of fused-ring (bicyclic) bond motifs is 1. The molecule has 5 heteroatoms. The lowest BCUT2D eigenvalue weighted by Crippen LogP contribution is -2.23. The molecule has 0 radical (unpaired) electrons. The molecule has 0 aliphatic carbocycles. The van der Waals surface area contributed by atoms with Crippen molar-refractivity contribution in [3.63, 3.8) is 0 Å². The lowest BCUT2D eigenvalue weighted by atomic mass is 10.1. The molecule has 1 amide bonds. The predicted molar refractivity (Wildman–Crippen MR) is 62.6 cm³/mol. The number of anilines is 1. The average Bonchev–Trinajstić information content (AvgIpc) is 2.27. The Balaban J connectivity index is 2.74. The quantitative estimate of drug-likeness (QED) is 0.690. The molecule has 1 aromatic heterocycles. The minimum atomic E-state index is -0.721. The van der Waals surface area contributed by atoms with E-state index < -0.39 is 11.5 Å². The number of rotatable bonds is 2. The van der Waals surface area contributed by atoms with E-state index in [1.165, 1.54) is 6.07 Å². The first-order chi connectivity index (χ1) is 7.61. The van der Waals surface area contributed by atoms with Crippen LogP contribution in [0.25, 0.3) is 10.9 Å². The smallest absolute Gasteiger partial charge is 0.261 e. The maximum absolute atomic E-state index is 11.5. The average molecular weight is 217 g/mol. The van der Waals surface area contributed by atoms with Crippen LogP contribution in [0, 0.1) is 0 Å². The van der Waals surface area contributed by atoms with Crippen LogP contribution in [0.4, 0.5) is 5.69 Å². The van der Waals surface area contributed by atoms with E-state index in [2.05, 4.69) is 10.3 Å². The zero-order valence-corrected chi connectivity index (χ0v) is 8.70. The van der Waals surface area contributed by atoms with Gasteiger partial charge in [0.1, 0.15) is 5.56 Å². The molecule has 82 valence electrons. The van der Waals surface area contributed by atoms with Crippen LogP contribution in [0.5, 0.6) is 0 Å². The molecule has 0 fully saturated rings. The summed E-state index contributed by atoms with van der Waals surface area (Å²) in [5.74, 6) is -0.721. The van der Waals surface area contributed by atoms with E-state index in [-0.39, 0.29) is 5.56 Å². The number of primary amides is 1. The molecule has 0 atom stereocenters. The number of aromatic amines is 1. The van der Waals surface area contributed by atoms with Gasteiger partial charge in [0.05, 0.1) is 5.52 Å². The highest BCUT2D eigenvalue weighted by Gasteiger charge is 2.07. The van der Waals surface area contributed by atoms with Crippen molar-refractivity contribution in [3.05, 3.63) is 40.2 Å². The van der Waals surface area contributed by atoms with Crippen molar-refractivity contribution in [2.45, 2.75) is 0 Å². The van der Waals surface area contributed by atoms with Gasteiger partial charge >= 0.3 is 0 Å². The summed E-state index contributed by atoms with van der Waals surface area (Å²) in [7, 11) is 1.79. The predicted octanol–water partition coefficient (Wildman–Crippen LogP) is 0.669. The summed E-state index contributed by atoms with van der Waals surface area (Å²) in [5, 5.41) is 3.73. The zero-order chi connectivity index (χ0) is 11.7. The van der Waals surface area contributed by atoms with Gasteiger partial charge in [-0.3, -0.25) is 9.59 Å². The topological polar surface area (TPSA) is 88.0 Å². The van der Waals surface area contributed by atoms with Crippen molar-refractivity contribution < 1.29 is 4.79 Å². The normalized spacial score (nSPS) is 10.3. The number of amides is 1. The van der Waals surface area contributed by atoms with Crippen LogP contribution in [0.1, 0.15) is 10.4 Å². The molecule has 0 unspecified atom stereocenters. The van der Waals surface area contributed by atoms with Gasteiger partial charge in [-0.1, -0.05) is 6.07 Å².